The molecule has 0 amide bonds. The molecule has 0 saturated carbocycles. The average Bonchev–Trinajstić information content (AvgIpc) is 2.51. The van der Waals surface area contributed by atoms with E-state index in [2.05, 4.69) is 13.8 Å². The molecule has 0 spiro atoms. The summed E-state index contributed by atoms with van der Waals surface area (Å²) in [5, 5.41) is 0. The molecule has 24 heavy (non-hydrogen) atoms. The lowest BCUT2D eigenvalue weighted by molar-refractivity contribution is -0.929. The van der Waals surface area contributed by atoms with Crippen LogP contribution in [-0.2, 0) is 14.9 Å². The highest BCUT2D eigenvalue weighted by molar-refractivity contribution is 7.85. The quantitative estimate of drug-likeness (QED) is 0.601. The second kappa shape index (κ2) is 9.30. The number of aryl methyl sites for hydroxylation is 1. The van der Waals surface area contributed by atoms with Crippen LogP contribution in [0.1, 0.15) is 45.1 Å². The molecule has 6 heteroatoms. The third-order valence-corrected chi connectivity index (χ3v) is 5.29. The molecule has 0 aromatic heterocycles. The Bertz CT molecular complexity index is 605. The van der Waals surface area contributed by atoms with Crippen LogP contribution in [0, 0.1) is 6.92 Å². The first-order valence-electron chi connectivity index (χ1n) is 8.62. The second-order valence-corrected chi connectivity index (χ2v) is 7.92. The smallest absolute Gasteiger partial charge is 0.144 e. The maximum absolute atomic E-state index is 11.1. The molecule has 0 unspecified atom stereocenters. The Morgan fingerprint density at radius 3 is 1.83 bits per heavy atom. The zero-order chi connectivity index (χ0) is 18.2. The maximum Gasteiger partial charge on any atom is 0.144 e. The van der Waals surface area contributed by atoms with Crippen molar-refractivity contribution >= 4 is 15.9 Å². The van der Waals surface area contributed by atoms with E-state index in [1.165, 1.54) is 42.5 Å². The maximum atomic E-state index is 11.1. The number of hydrogen-bond donors (Lipinski definition) is 0. The van der Waals surface area contributed by atoms with E-state index in [1.807, 2.05) is 6.92 Å². The van der Waals surface area contributed by atoms with Gasteiger partial charge in [-0.05, 0) is 31.9 Å². The minimum absolute atomic E-state index is 0.178. The van der Waals surface area contributed by atoms with Crippen LogP contribution in [0.25, 0.3) is 0 Å². The fourth-order valence-corrected chi connectivity index (χ4v) is 3.64. The molecule has 1 aromatic rings. The molecule has 1 fully saturated rings. The highest BCUT2D eigenvalue weighted by Crippen LogP contribution is 2.18. The zero-order valence-corrected chi connectivity index (χ0v) is 15.8. The van der Waals surface area contributed by atoms with Crippen LogP contribution in [0.3, 0.4) is 0 Å². The second-order valence-electron chi connectivity index (χ2n) is 6.54. The number of benzene rings is 1. The van der Waals surface area contributed by atoms with Gasteiger partial charge in [0.1, 0.15) is 15.9 Å². The molecule has 5 nitrogen and oxygen atoms in total. The Hall–Kier alpha value is -1.24. The summed E-state index contributed by atoms with van der Waals surface area (Å²) < 4.78 is 32.4. The zero-order valence-electron chi connectivity index (χ0n) is 15.0. The number of piperidine rings is 1. The van der Waals surface area contributed by atoms with Crippen LogP contribution in [-0.4, -0.2) is 49.4 Å². The summed E-state index contributed by atoms with van der Waals surface area (Å²) in [6, 6.07) is 5.78. The molecule has 2 rings (SSSR count). The van der Waals surface area contributed by atoms with Gasteiger partial charge in [-0.3, -0.25) is 4.79 Å². The van der Waals surface area contributed by atoms with Crippen molar-refractivity contribution in [1.29, 1.82) is 0 Å². The van der Waals surface area contributed by atoms with Crippen LogP contribution in [0.4, 0.5) is 0 Å². The monoisotopic (exact) mass is 355 g/mol. The van der Waals surface area contributed by atoms with Crippen LogP contribution < -0.4 is 0 Å². The predicted molar refractivity (Wildman–Crippen MR) is 93.7 cm³/mol. The van der Waals surface area contributed by atoms with Crippen molar-refractivity contribution in [3.05, 3.63) is 29.8 Å². The van der Waals surface area contributed by atoms with E-state index in [0.717, 1.165) is 31.5 Å². The number of quaternary nitrogens is 1. The molecule has 0 atom stereocenters. The number of hydrogen-bond acceptors (Lipinski definition) is 4. The minimum atomic E-state index is -4.27. The number of rotatable bonds is 5. The molecule has 0 bridgehead atoms. The summed E-state index contributed by atoms with van der Waals surface area (Å²) in [7, 11) is -4.27. The third kappa shape index (κ3) is 6.71. The van der Waals surface area contributed by atoms with Crippen LogP contribution in [0.5, 0.6) is 0 Å². The summed E-state index contributed by atoms with van der Waals surface area (Å²) in [5.74, 6) is 0.473. The largest absolute Gasteiger partial charge is 0.744 e. The molecule has 1 aromatic carbocycles. The molecule has 1 aliphatic rings. The summed E-state index contributed by atoms with van der Waals surface area (Å²) in [4.78, 5) is 11.0. The first-order chi connectivity index (χ1) is 11.2. The van der Waals surface area contributed by atoms with Crippen LogP contribution in [0.2, 0.25) is 0 Å². The molecule has 0 radical (unpaired) electrons. The van der Waals surface area contributed by atoms with E-state index in [1.54, 1.807) is 12.1 Å². The van der Waals surface area contributed by atoms with Crippen LogP contribution in [0.15, 0.2) is 29.2 Å². The summed E-state index contributed by atoms with van der Waals surface area (Å²) >= 11 is 0. The number of carbonyl (C=O) groups is 1. The van der Waals surface area contributed by atoms with Gasteiger partial charge in [0.25, 0.3) is 0 Å². The van der Waals surface area contributed by atoms with E-state index >= 15 is 0 Å². The molecular formula is C18H29NO4S. The number of nitrogens with zero attached hydrogens (tertiary/aromatic N) is 1. The van der Waals surface area contributed by atoms with Gasteiger partial charge in [0.05, 0.1) is 43.9 Å². The van der Waals surface area contributed by atoms with Gasteiger partial charge in [0.2, 0.25) is 0 Å². The fourth-order valence-electron chi connectivity index (χ4n) is 3.17. The standard InChI is InChI=1S/C11H22NO.C7H8O3S/c1-3-7-12(8-4-2)9-5-11(13)6-10-12;1-6-2-4-7(5-3-6)11(8,9)10/h3-10H2,1-2H3;2-5H,1H3,(H,8,9,10)/q+1;/p-1. The topological polar surface area (TPSA) is 74.3 Å². The van der Waals surface area contributed by atoms with Gasteiger partial charge in [-0.1, -0.05) is 31.5 Å². The molecule has 0 N–H and O–H groups in total. The van der Waals surface area contributed by atoms with Gasteiger partial charge < -0.3 is 9.04 Å². The van der Waals surface area contributed by atoms with Crippen molar-refractivity contribution in [2.24, 2.45) is 0 Å². The first kappa shape index (κ1) is 20.8. The van der Waals surface area contributed by atoms with E-state index < -0.39 is 10.1 Å². The summed E-state index contributed by atoms with van der Waals surface area (Å²) in [6.07, 6.45) is 4.13. The molecule has 1 aliphatic heterocycles. The van der Waals surface area contributed by atoms with E-state index in [4.69, 9.17) is 0 Å². The molecule has 0 aliphatic carbocycles. The Balaban J connectivity index is 0.000000243. The Labute approximate surface area is 146 Å². The number of Topliss-reactive ketones (excluding diaryl/α,β-unsaturated/α-hetero) is 1. The van der Waals surface area contributed by atoms with Crippen molar-refractivity contribution in [1.82, 2.24) is 0 Å². The van der Waals surface area contributed by atoms with Gasteiger partial charge in [0.15, 0.2) is 0 Å². The molecule has 1 heterocycles. The molecule has 1 saturated heterocycles. The van der Waals surface area contributed by atoms with Crippen molar-refractivity contribution in [3.8, 4) is 0 Å². The van der Waals surface area contributed by atoms with E-state index in [0.29, 0.717) is 5.78 Å². The molecule has 136 valence electrons. The summed E-state index contributed by atoms with van der Waals surface area (Å²) in [5.41, 5.74) is 0.928. The van der Waals surface area contributed by atoms with Crippen LogP contribution >= 0.6 is 0 Å². The Morgan fingerprint density at radius 2 is 1.46 bits per heavy atom. The minimum Gasteiger partial charge on any atom is -0.744 e. The van der Waals surface area contributed by atoms with Gasteiger partial charge in [-0.15, -0.1) is 0 Å². The van der Waals surface area contributed by atoms with E-state index in [9.17, 15) is 17.8 Å². The van der Waals surface area contributed by atoms with Crippen molar-refractivity contribution < 1.29 is 22.2 Å². The highest BCUT2D eigenvalue weighted by Gasteiger charge is 2.30. The van der Waals surface area contributed by atoms with E-state index in [-0.39, 0.29) is 4.90 Å². The first-order valence-corrected chi connectivity index (χ1v) is 10.0. The van der Waals surface area contributed by atoms with Crippen molar-refractivity contribution in [2.75, 3.05) is 26.2 Å². The SMILES string of the molecule is CCC[N+]1(CCC)CCC(=O)CC1.Cc1ccc(S(=O)(=O)[O-])cc1. The van der Waals surface area contributed by atoms with Gasteiger partial charge in [-0.2, -0.15) is 0 Å². The summed E-state index contributed by atoms with van der Waals surface area (Å²) in [6.45, 7) is 11.0. The fraction of sp³-hybridized carbons (Fsp3) is 0.611. The number of ketones is 1. The Kier molecular flexibility index (Phi) is 8.06. The highest BCUT2D eigenvalue weighted by atomic mass is 32.2. The number of likely N-dealkylation sites (tertiary alicyclic amines) is 1. The third-order valence-electron chi connectivity index (χ3n) is 4.44. The number of carbonyl (C=O) groups excluding carboxylic acids is 1. The van der Waals surface area contributed by atoms with Crippen molar-refractivity contribution in [2.45, 2.75) is 51.3 Å². The normalized spacial score (nSPS) is 17.1. The lowest BCUT2D eigenvalue weighted by Gasteiger charge is -2.40. The van der Waals surface area contributed by atoms with Gasteiger partial charge >= 0.3 is 0 Å². The lowest BCUT2D eigenvalue weighted by Crippen LogP contribution is -2.54. The van der Waals surface area contributed by atoms with Gasteiger partial charge in [-0.25, -0.2) is 8.42 Å². The average molecular weight is 356 g/mol. The lowest BCUT2D eigenvalue weighted by atomic mass is 10.1. The predicted octanol–water partition coefficient (Wildman–Crippen LogP) is 2.89. The van der Waals surface area contributed by atoms with Crippen molar-refractivity contribution in [3.63, 3.8) is 0 Å². The Morgan fingerprint density at radius 1 is 1.00 bits per heavy atom. The van der Waals surface area contributed by atoms with Gasteiger partial charge in [0, 0.05) is 0 Å². The molecular weight excluding hydrogens is 326 g/mol.